The van der Waals surface area contributed by atoms with Crippen molar-refractivity contribution in [2.24, 2.45) is 5.14 Å². The van der Waals surface area contributed by atoms with Crippen LogP contribution in [0.25, 0.3) is 0 Å². The van der Waals surface area contributed by atoms with Crippen molar-refractivity contribution >= 4 is 27.4 Å². The van der Waals surface area contributed by atoms with Crippen LogP contribution in [0.2, 0.25) is 0 Å². The molecule has 0 heterocycles. The molecular weight excluding hydrogens is 347 g/mol. The van der Waals surface area contributed by atoms with E-state index in [1.54, 1.807) is 0 Å². The molecule has 6 nitrogen and oxygen atoms in total. The molecule has 0 bridgehead atoms. The highest BCUT2D eigenvalue weighted by Gasteiger charge is 2.33. The van der Waals surface area contributed by atoms with Crippen molar-refractivity contribution in [2.45, 2.75) is 11.1 Å². The van der Waals surface area contributed by atoms with Crippen LogP contribution in [0.1, 0.15) is 5.56 Å². The number of rotatable bonds is 3. The lowest BCUT2D eigenvalue weighted by molar-refractivity contribution is -0.136. The summed E-state index contributed by atoms with van der Waals surface area (Å²) in [4.78, 5) is 11.7. The molecule has 0 fully saturated rings. The Morgan fingerprint density at radius 1 is 0.958 bits per heavy atom. The Hall–Kier alpha value is -2.59. The fraction of sp³-hybridized carbons (Fsp3) is 0.0714. The van der Waals surface area contributed by atoms with E-state index in [0.29, 0.717) is 0 Å². The zero-order valence-electron chi connectivity index (χ0n) is 12.0. The maximum Gasteiger partial charge on any atom is 0.418 e. The van der Waals surface area contributed by atoms with Crippen LogP contribution in [0.15, 0.2) is 53.4 Å². The number of urea groups is 1. The quantitative estimate of drug-likeness (QED) is 0.785. The Morgan fingerprint density at radius 2 is 1.54 bits per heavy atom. The topological polar surface area (TPSA) is 101 Å². The van der Waals surface area contributed by atoms with Gasteiger partial charge in [0.15, 0.2) is 0 Å². The molecule has 128 valence electrons. The minimum atomic E-state index is -4.61. The third kappa shape index (κ3) is 4.46. The lowest BCUT2D eigenvalue weighted by Gasteiger charge is -2.14. The Balaban J connectivity index is 2.12. The highest BCUT2D eigenvalue weighted by Crippen LogP contribution is 2.34. The number of carbonyl (C=O) groups excluding carboxylic acids is 1. The minimum Gasteiger partial charge on any atom is -0.308 e. The smallest absolute Gasteiger partial charge is 0.308 e. The van der Waals surface area contributed by atoms with E-state index in [0.717, 1.165) is 24.3 Å². The average Bonchev–Trinajstić information content (AvgIpc) is 2.46. The molecule has 2 aromatic carbocycles. The molecule has 0 saturated heterocycles. The number of carbonyl (C=O) groups is 1. The molecular formula is C14H12F3N3O3S. The van der Waals surface area contributed by atoms with Crippen molar-refractivity contribution in [1.82, 2.24) is 0 Å². The molecule has 0 unspecified atom stereocenters. The van der Waals surface area contributed by atoms with Crippen LogP contribution in [0.3, 0.4) is 0 Å². The van der Waals surface area contributed by atoms with Gasteiger partial charge in [0.2, 0.25) is 10.0 Å². The first-order chi connectivity index (χ1) is 11.1. The number of amides is 2. The Bertz CT molecular complexity index is 850. The highest BCUT2D eigenvalue weighted by molar-refractivity contribution is 7.89. The number of nitrogens with one attached hydrogen (secondary N) is 2. The van der Waals surface area contributed by atoms with E-state index in [9.17, 15) is 26.4 Å². The number of nitrogens with two attached hydrogens (primary N) is 1. The number of anilines is 2. The Labute approximate surface area is 135 Å². The summed E-state index contributed by atoms with van der Waals surface area (Å²) in [6.07, 6.45) is -4.61. The zero-order chi connectivity index (χ0) is 18.0. The van der Waals surface area contributed by atoms with Crippen molar-refractivity contribution in [3.8, 4) is 0 Å². The summed E-state index contributed by atoms with van der Waals surface area (Å²) in [7, 11) is -3.87. The summed E-state index contributed by atoms with van der Waals surface area (Å²) < 4.78 is 60.7. The molecule has 0 spiro atoms. The second-order valence-corrected chi connectivity index (χ2v) is 6.25. The SMILES string of the molecule is NS(=O)(=O)c1ccc(NC(=O)Nc2ccccc2C(F)(F)F)cc1. The summed E-state index contributed by atoms with van der Waals surface area (Å²) in [6.45, 7) is 0. The summed E-state index contributed by atoms with van der Waals surface area (Å²) in [6, 6.07) is 8.45. The third-order valence-electron chi connectivity index (χ3n) is 2.92. The van der Waals surface area contributed by atoms with Crippen LogP contribution in [0.4, 0.5) is 29.3 Å². The molecule has 0 aliphatic rings. The number of primary sulfonamides is 1. The van der Waals surface area contributed by atoms with E-state index in [1.165, 1.54) is 24.3 Å². The molecule has 2 rings (SSSR count). The molecule has 0 aromatic heterocycles. The van der Waals surface area contributed by atoms with Gasteiger partial charge in [0.25, 0.3) is 0 Å². The Kier molecular flexibility index (Phi) is 4.81. The van der Waals surface area contributed by atoms with Gasteiger partial charge in [-0.1, -0.05) is 12.1 Å². The molecule has 0 radical (unpaired) electrons. The first kappa shape index (κ1) is 17.8. The first-order valence-electron chi connectivity index (χ1n) is 6.44. The summed E-state index contributed by atoms with van der Waals surface area (Å²) >= 11 is 0. The van der Waals surface area contributed by atoms with Gasteiger partial charge in [-0.25, -0.2) is 18.4 Å². The average molecular weight is 359 g/mol. The number of alkyl halides is 3. The fourth-order valence-corrected chi connectivity index (χ4v) is 2.37. The van der Waals surface area contributed by atoms with Gasteiger partial charge >= 0.3 is 12.2 Å². The van der Waals surface area contributed by atoms with Gasteiger partial charge in [0.1, 0.15) is 0 Å². The maximum atomic E-state index is 12.8. The van der Waals surface area contributed by atoms with Gasteiger partial charge in [0, 0.05) is 5.69 Å². The predicted molar refractivity (Wildman–Crippen MR) is 81.9 cm³/mol. The second-order valence-electron chi connectivity index (χ2n) is 4.69. The van der Waals surface area contributed by atoms with Crippen molar-refractivity contribution in [3.63, 3.8) is 0 Å². The van der Waals surface area contributed by atoms with Crippen LogP contribution < -0.4 is 15.8 Å². The lowest BCUT2D eigenvalue weighted by atomic mass is 10.1. The van der Waals surface area contributed by atoms with E-state index >= 15 is 0 Å². The summed E-state index contributed by atoms with van der Waals surface area (Å²) in [5.74, 6) is 0. The monoisotopic (exact) mass is 359 g/mol. The third-order valence-corrected chi connectivity index (χ3v) is 3.85. The molecule has 0 atom stereocenters. The van der Waals surface area contributed by atoms with E-state index in [-0.39, 0.29) is 10.6 Å². The van der Waals surface area contributed by atoms with Crippen molar-refractivity contribution < 1.29 is 26.4 Å². The largest absolute Gasteiger partial charge is 0.418 e. The normalized spacial score (nSPS) is 11.8. The maximum absolute atomic E-state index is 12.8. The van der Waals surface area contributed by atoms with Gasteiger partial charge < -0.3 is 10.6 Å². The summed E-state index contributed by atoms with van der Waals surface area (Å²) in [5, 5.41) is 9.33. The van der Waals surface area contributed by atoms with E-state index in [1.807, 2.05) is 0 Å². The fourth-order valence-electron chi connectivity index (χ4n) is 1.85. The first-order valence-corrected chi connectivity index (χ1v) is 7.99. The lowest BCUT2D eigenvalue weighted by Crippen LogP contribution is -2.22. The van der Waals surface area contributed by atoms with Crippen LogP contribution in [0.5, 0.6) is 0 Å². The van der Waals surface area contributed by atoms with Gasteiger partial charge in [-0.05, 0) is 36.4 Å². The van der Waals surface area contributed by atoms with Crippen LogP contribution in [-0.2, 0) is 16.2 Å². The standard InChI is InChI=1S/C14H12F3N3O3S/c15-14(16,17)11-3-1-2-4-12(11)20-13(21)19-9-5-7-10(8-6-9)24(18,22)23/h1-8H,(H2,18,22,23)(H2,19,20,21). The van der Waals surface area contributed by atoms with Crippen molar-refractivity contribution in [2.75, 3.05) is 10.6 Å². The predicted octanol–water partition coefficient (Wildman–Crippen LogP) is 3.00. The van der Waals surface area contributed by atoms with Gasteiger partial charge in [-0.15, -0.1) is 0 Å². The molecule has 2 aromatic rings. The van der Waals surface area contributed by atoms with Crippen LogP contribution in [-0.4, -0.2) is 14.4 Å². The van der Waals surface area contributed by atoms with Crippen LogP contribution >= 0.6 is 0 Å². The number of halogens is 3. The molecule has 4 N–H and O–H groups in total. The molecule has 0 saturated carbocycles. The summed E-state index contributed by atoms with van der Waals surface area (Å²) in [5.41, 5.74) is -1.20. The van der Waals surface area contributed by atoms with E-state index < -0.39 is 33.5 Å². The second kappa shape index (κ2) is 6.49. The van der Waals surface area contributed by atoms with Crippen LogP contribution in [0, 0.1) is 0 Å². The van der Waals surface area contributed by atoms with Gasteiger partial charge in [-0.2, -0.15) is 13.2 Å². The Morgan fingerprint density at radius 3 is 2.08 bits per heavy atom. The van der Waals surface area contributed by atoms with Crippen molar-refractivity contribution in [1.29, 1.82) is 0 Å². The number of hydrogen-bond acceptors (Lipinski definition) is 3. The van der Waals surface area contributed by atoms with Gasteiger partial charge in [-0.3, -0.25) is 0 Å². The number of para-hydroxylation sites is 1. The zero-order valence-corrected chi connectivity index (χ0v) is 12.8. The number of hydrogen-bond donors (Lipinski definition) is 3. The molecule has 0 aliphatic heterocycles. The van der Waals surface area contributed by atoms with Crippen molar-refractivity contribution in [3.05, 3.63) is 54.1 Å². The van der Waals surface area contributed by atoms with E-state index in [4.69, 9.17) is 5.14 Å². The van der Waals surface area contributed by atoms with Gasteiger partial charge in [0.05, 0.1) is 16.1 Å². The molecule has 24 heavy (non-hydrogen) atoms. The highest BCUT2D eigenvalue weighted by atomic mass is 32.2. The van der Waals surface area contributed by atoms with E-state index in [2.05, 4.69) is 10.6 Å². The number of sulfonamides is 1. The number of benzene rings is 2. The molecule has 10 heteroatoms. The molecule has 2 amide bonds. The molecule has 0 aliphatic carbocycles. The minimum absolute atomic E-state index is 0.157.